The summed E-state index contributed by atoms with van der Waals surface area (Å²) in [5, 5.41) is 4.75. The number of para-hydroxylation sites is 1. The molecule has 0 saturated heterocycles. The third-order valence-corrected chi connectivity index (χ3v) is 3.68. The summed E-state index contributed by atoms with van der Waals surface area (Å²) in [6, 6.07) is 22.3. The van der Waals surface area contributed by atoms with E-state index in [9.17, 15) is 0 Å². The average molecular weight is 304 g/mol. The monoisotopic (exact) mass is 304 g/mol. The van der Waals surface area contributed by atoms with E-state index in [1.165, 1.54) is 0 Å². The summed E-state index contributed by atoms with van der Waals surface area (Å²) in [5.41, 5.74) is 3.00. The Balaban J connectivity index is 2.13. The summed E-state index contributed by atoms with van der Waals surface area (Å²) in [6.45, 7) is 1.99. The Kier molecular flexibility index (Phi) is 4.24. The second-order valence-electron chi connectivity index (χ2n) is 5.55. The molecule has 3 aromatic rings. The topological polar surface area (TPSA) is 33.4 Å². The molecule has 1 heterocycles. The average Bonchev–Trinajstić information content (AvgIpc) is 3.00. The molecule has 0 saturated carbocycles. The van der Waals surface area contributed by atoms with E-state index in [2.05, 4.69) is 12.1 Å². The first kappa shape index (κ1) is 15.0. The number of hydrogen-bond acceptors (Lipinski definition) is 2. The smallest absolute Gasteiger partial charge is 0.158 e. The molecule has 0 radical (unpaired) electrons. The summed E-state index contributed by atoms with van der Waals surface area (Å²) in [5.74, 6) is 1.75. The first-order valence-electron chi connectivity index (χ1n) is 7.58. The van der Waals surface area contributed by atoms with Crippen LogP contribution in [-0.2, 0) is 0 Å². The summed E-state index contributed by atoms with van der Waals surface area (Å²) < 4.78 is 1.88. The van der Waals surface area contributed by atoms with Gasteiger partial charge in [-0.25, -0.2) is 9.67 Å². The lowest BCUT2D eigenvalue weighted by atomic mass is 10.2. The van der Waals surface area contributed by atoms with Gasteiger partial charge in [0.15, 0.2) is 5.82 Å². The Morgan fingerprint density at radius 2 is 1.57 bits per heavy atom. The number of aliphatic imine (C=N–C) groups is 1. The van der Waals surface area contributed by atoms with Gasteiger partial charge < -0.3 is 4.90 Å². The highest BCUT2D eigenvalue weighted by Crippen LogP contribution is 2.26. The minimum atomic E-state index is 0.821. The van der Waals surface area contributed by atoms with Gasteiger partial charge in [-0.15, -0.1) is 0 Å². The van der Waals surface area contributed by atoms with Gasteiger partial charge in [0.25, 0.3) is 0 Å². The number of rotatable bonds is 3. The van der Waals surface area contributed by atoms with Crippen molar-refractivity contribution in [2.75, 3.05) is 14.1 Å². The summed E-state index contributed by atoms with van der Waals surface area (Å²) in [6.07, 6.45) is 0. The van der Waals surface area contributed by atoms with Gasteiger partial charge in [-0.1, -0.05) is 48.5 Å². The summed E-state index contributed by atoms with van der Waals surface area (Å²) in [7, 11) is 3.97. The van der Waals surface area contributed by atoms with E-state index >= 15 is 0 Å². The van der Waals surface area contributed by atoms with E-state index < -0.39 is 0 Å². The quantitative estimate of drug-likeness (QED) is 0.538. The summed E-state index contributed by atoms with van der Waals surface area (Å²) in [4.78, 5) is 6.71. The molecule has 0 unspecified atom stereocenters. The maximum atomic E-state index is 4.75. The van der Waals surface area contributed by atoms with E-state index in [0.717, 1.165) is 28.6 Å². The maximum Gasteiger partial charge on any atom is 0.158 e. The second kappa shape index (κ2) is 6.48. The molecule has 4 heteroatoms. The van der Waals surface area contributed by atoms with Crippen LogP contribution in [0.25, 0.3) is 16.9 Å². The Hall–Kier alpha value is -2.88. The SMILES string of the molecule is C/C(=N\c1cc(-c2ccccc2)nn1-c1ccccc1)N(C)C. The van der Waals surface area contributed by atoms with E-state index in [0.29, 0.717) is 0 Å². The van der Waals surface area contributed by atoms with E-state index in [1.54, 1.807) is 0 Å². The van der Waals surface area contributed by atoms with Crippen LogP contribution in [0, 0.1) is 0 Å². The Morgan fingerprint density at radius 3 is 2.17 bits per heavy atom. The molecule has 0 spiro atoms. The Bertz CT molecular complexity index is 802. The fourth-order valence-corrected chi connectivity index (χ4v) is 2.23. The number of benzene rings is 2. The predicted molar refractivity (Wildman–Crippen MR) is 95.5 cm³/mol. The third-order valence-electron chi connectivity index (χ3n) is 3.68. The first-order valence-corrected chi connectivity index (χ1v) is 7.58. The van der Waals surface area contributed by atoms with Crippen molar-refractivity contribution in [2.24, 2.45) is 4.99 Å². The number of hydrogen-bond donors (Lipinski definition) is 0. The molecule has 0 amide bonds. The molecule has 4 nitrogen and oxygen atoms in total. The van der Waals surface area contributed by atoms with E-state index in [1.807, 2.05) is 85.2 Å². The molecular weight excluding hydrogens is 284 g/mol. The molecule has 2 aromatic carbocycles. The van der Waals surface area contributed by atoms with E-state index in [4.69, 9.17) is 10.1 Å². The van der Waals surface area contributed by atoms with Gasteiger partial charge in [-0.3, -0.25) is 0 Å². The third kappa shape index (κ3) is 3.31. The van der Waals surface area contributed by atoms with Gasteiger partial charge >= 0.3 is 0 Å². The van der Waals surface area contributed by atoms with Crippen molar-refractivity contribution in [2.45, 2.75) is 6.92 Å². The lowest BCUT2D eigenvalue weighted by molar-refractivity contribution is 0.618. The Labute approximate surface area is 136 Å². The van der Waals surface area contributed by atoms with Crippen molar-refractivity contribution in [1.29, 1.82) is 0 Å². The number of aromatic nitrogens is 2. The predicted octanol–water partition coefficient (Wildman–Crippen LogP) is 4.15. The van der Waals surface area contributed by atoms with Gasteiger partial charge in [0.2, 0.25) is 0 Å². The second-order valence-corrected chi connectivity index (χ2v) is 5.55. The molecule has 0 fully saturated rings. The fourth-order valence-electron chi connectivity index (χ4n) is 2.23. The fraction of sp³-hybridized carbons (Fsp3) is 0.158. The molecule has 3 rings (SSSR count). The van der Waals surface area contributed by atoms with Crippen molar-refractivity contribution in [3.8, 4) is 16.9 Å². The van der Waals surface area contributed by atoms with Crippen LogP contribution in [0.3, 0.4) is 0 Å². The summed E-state index contributed by atoms with van der Waals surface area (Å²) >= 11 is 0. The number of nitrogens with zero attached hydrogens (tertiary/aromatic N) is 4. The molecule has 0 bridgehead atoms. The van der Waals surface area contributed by atoms with Crippen molar-refractivity contribution in [1.82, 2.24) is 14.7 Å². The van der Waals surface area contributed by atoms with Gasteiger partial charge in [0.05, 0.1) is 11.4 Å². The zero-order valence-electron chi connectivity index (χ0n) is 13.6. The van der Waals surface area contributed by atoms with Crippen LogP contribution in [0.15, 0.2) is 71.7 Å². The van der Waals surface area contributed by atoms with Crippen molar-refractivity contribution in [3.05, 3.63) is 66.7 Å². The van der Waals surface area contributed by atoms with Crippen LogP contribution in [0.2, 0.25) is 0 Å². The highest BCUT2D eigenvalue weighted by molar-refractivity contribution is 5.82. The molecule has 116 valence electrons. The van der Waals surface area contributed by atoms with Gasteiger partial charge in [0.1, 0.15) is 5.84 Å². The minimum absolute atomic E-state index is 0.821. The molecule has 0 N–H and O–H groups in total. The molecule has 23 heavy (non-hydrogen) atoms. The van der Waals surface area contributed by atoms with Crippen LogP contribution in [0.4, 0.5) is 5.82 Å². The van der Waals surface area contributed by atoms with Crippen LogP contribution >= 0.6 is 0 Å². The van der Waals surface area contributed by atoms with Crippen LogP contribution in [0.1, 0.15) is 6.92 Å². The first-order chi connectivity index (χ1) is 11.1. The van der Waals surface area contributed by atoms with Crippen molar-refractivity contribution >= 4 is 11.7 Å². The lowest BCUT2D eigenvalue weighted by Crippen LogP contribution is -2.18. The van der Waals surface area contributed by atoms with Crippen LogP contribution in [0.5, 0.6) is 0 Å². The minimum Gasteiger partial charge on any atom is -0.366 e. The number of amidine groups is 1. The molecule has 0 aliphatic rings. The highest BCUT2D eigenvalue weighted by Gasteiger charge is 2.11. The normalized spacial score (nSPS) is 11.5. The van der Waals surface area contributed by atoms with Crippen LogP contribution < -0.4 is 0 Å². The lowest BCUT2D eigenvalue weighted by Gasteiger charge is -2.11. The maximum absolute atomic E-state index is 4.75. The van der Waals surface area contributed by atoms with Crippen molar-refractivity contribution < 1.29 is 0 Å². The zero-order chi connectivity index (χ0) is 16.2. The van der Waals surface area contributed by atoms with Crippen LogP contribution in [-0.4, -0.2) is 34.6 Å². The van der Waals surface area contributed by atoms with Gasteiger partial charge in [-0.2, -0.15) is 5.10 Å². The zero-order valence-corrected chi connectivity index (χ0v) is 13.6. The highest BCUT2D eigenvalue weighted by atomic mass is 15.3. The molecule has 0 atom stereocenters. The van der Waals surface area contributed by atoms with Gasteiger partial charge in [-0.05, 0) is 19.1 Å². The molecule has 1 aromatic heterocycles. The molecular formula is C19H20N4. The Morgan fingerprint density at radius 1 is 0.957 bits per heavy atom. The van der Waals surface area contributed by atoms with E-state index in [-0.39, 0.29) is 0 Å². The standard InChI is InChI=1S/C19H20N4/c1-15(22(2)3)20-19-14-18(16-10-6-4-7-11-16)21-23(19)17-12-8-5-9-13-17/h4-14H,1-3H3/b20-15+. The molecule has 0 aliphatic heterocycles. The van der Waals surface area contributed by atoms with Gasteiger partial charge in [0, 0.05) is 25.7 Å². The largest absolute Gasteiger partial charge is 0.366 e. The van der Waals surface area contributed by atoms with Crippen molar-refractivity contribution in [3.63, 3.8) is 0 Å². The molecule has 0 aliphatic carbocycles.